The molecule has 0 spiro atoms. The van der Waals surface area contributed by atoms with Crippen molar-refractivity contribution in [2.24, 2.45) is 0 Å². The van der Waals surface area contributed by atoms with Crippen LogP contribution in [0.25, 0.3) is 28.2 Å². The van der Waals surface area contributed by atoms with E-state index in [2.05, 4.69) is 109 Å². The molecule has 0 aliphatic heterocycles. The van der Waals surface area contributed by atoms with Gasteiger partial charge >= 0.3 is 5.69 Å². The highest BCUT2D eigenvalue weighted by atomic mass is 16.1. The van der Waals surface area contributed by atoms with Gasteiger partial charge in [0.1, 0.15) is 0 Å². The van der Waals surface area contributed by atoms with Crippen molar-refractivity contribution in [3.05, 3.63) is 100.0 Å². The minimum absolute atomic E-state index is 0.0100. The van der Waals surface area contributed by atoms with E-state index in [0.717, 1.165) is 59.3 Å². The van der Waals surface area contributed by atoms with Crippen molar-refractivity contribution in [2.75, 3.05) is 0 Å². The summed E-state index contributed by atoms with van der Waals surface area (Å²) >= 11 is 0. The van der Waals surface area contributed by atoms with Crippen molar-refractivity contribution in [1.29, 1.82) is 0 Å². The number of aryl methyl sites for hydroxylation is 2. The van der Waals surface area contributed by atoms with Crippen LogP contribution in [0, 0.1) is 0 Å². The maximum absolute atomic E-state index is 14.1. The molecule has 1 N–H and O–H groups in total. The normalized spacial score (nSPS) is 11.7. The van der Waals surface area contributed by atoms with E-state index in [1.54, 1.807) is 12.4 Å². The zero-order chi connectivity index (χ0) is 28.3. The van der Waals surface area contributed by atoms with Crippen LogP contribution in [0.15, 0.2) is 71.9 Å². The van der Waals surface area contributed by atoms with E-state index in [1.807, 2.05) is 15.2 Å². The number of unbranched alkanes of at least 4 members (excludes halogenated alkanes) is 1. The monoisotopic (exact) mass is 535 g/mol. The molecule has 0 radical (unpaired) electrons. The van der Waals surface area contributed by atoms with Crippen LogP contribution in [0.5, 0.6) is 0 Å². The van der Waals surface area contributed by atoms with Crippen molar-refractivity contribution >= 4 is 0 Å². The fourth-order valence-electron chi connectivity index (χ4n) is 5.26. The number of aromatic nitrogens is 7. The maximum Gasteiger partial charge on any atom is 0.333 e. The van der Waals surface area contributed by atoms with Crippen LogP contribution in [-0.4, -0.2) is 34.7 Å². The number of aromatic amines is 1. The Hall–Kier alpha value is -4.33. The molecule has 0 amide bonds. The number of hydrogen-bond donors (Lipinski definition) is 1. The van der Waals surface area contributed by atoms with Gasteiger partial charge in [0.15, 0.2) is 5.82 Å². The van der Waals surface area contributed by atoms with Gasteiger partial charge in [0.05, 0.1) is 12.2 Å². The lowest BCUT2D eigenvalue weighted by Crippen LogP contribution is -2.27. The van der Waals surface area contributed by atoms with Crippen LogP contribution in [0.4, 0.5) is 0 Å². The summed E-state index contributed by atoms with van der Waals surface area (Å²) in [5.41, 5.74) is 8.31. The average Bonchev–Trinajstić information content (AvgIpc) is 3.60. The smallest absolute Gasteiger partial charge is 0.292 e. The van der Waals surface area contributed by atoms with E-state index in [0.29, 0.717) is 12.4 Å². The molecule has 0 saturated carbocycles. The molecule has 0 bridgehead atoms. The van der Waals surface area contributed by atoms with Gasteiger partial charge in [-0.2, -0.15) is 0 Å². The molecule has 5 rings (SSSR count). The molecule has 0 aliphatic rings. The molecule has 40 heavy (non-hydrogen) atoms. The first-order valence-corrected chi connectivity index (χ1v) is 14.0. The Kier molecular flexibility index (Phi) is 7.78. The second kappa shape index (κ2) is 11.4. The third-order valence-electron chi connectivity index (χ3n) is 7.42. The third kappa shape index (κ3) is 5.39. The van der Waals surface area contributed by atoms with Gasteiger partial charge < -0.3 is 0 Å². The zero-order valence-corrected chi connectivity index (χ0v) is 24.0. The minimum atomic E-state index is -0.0882. The minimum Gasteiger partial charge on any atom is -0.292 e. The standard InChI is InChI=1S/C32H37N7O/c1-6-8-11-25-21-39(29-23(7-2)10-9-12-28(29)32(3,4)5)31(40)38(25)20-22-13-15-24(16-14-22)26-17-18-33-19-27(26)30-34-36-37-35-30/h9-10,12-19,21H,6-8,11,20H2,1-5H3,(H,34,35,36,37). The average molecular weight is 536 g/mol. The zero-order valence-electron chi connectivity index (χ0n) is 24.0. The molecular formula is C32H37N7O. The summed E-state index contributed by atoms with van der Waals surface area (Å²) in [7, 11) is 0. The van der Waals surface area contributed by atoms with Crippen LogP contribution >= 0.6 is 0 Å². The number of imidazole rings is 1. The summed E-state index contributed by atoms with van der Waals surface area (Å²) in [5, 5.41) is 14.3. The largest absolute Gasteiger partial charge is 0.333 e. The lowest BCUT2D eigenvalue weighted by Gasteiger charge is -2.25. The maximum atomic E-state index is 14.1. The van der Waals surface area contributed by atoms with Crippen molar-refractivity contribution < 1.29 is 0 Å². The number of nitrogens with zero attached hydrogens (tertiary/aromatic N) is 6. The molecule has 3 aromatic heterocycles. The van der Waals surface area contributed by atoms with Gasteiger partial charge in [-0.3, -0.25) is 14.1 Å². The lowest BCUT2D eigenvalue weighted by molar-refractivity contribution is 0.583. The van der Waals surface area contributed by atoms with E-state index in [-0.39, 0.29) is 11.1 Å². The Morgan fingerprint density at radius 1 is 0.975 bits per heavy atom. The van der Waals surface area contributed by atoms with Gasteiger partial charge in [-0.05, 0) is 69.0 Å². The number of benzene rings is 2. The van der Waals surface area contributed by atoms with E-state index in [1.165, 1.54) is 11.1 Å². The van der Waals surface area contributed by atoms with Crippen molar-refractivity contribution in [1.82, 2.24) is 34.7 Å². The predicted octanol–water partition coefficient (Wildman–Crippen LogP) is 6.13. The molecule has 3 heterocycles. The third-order valence-corrected chi connectivity index (χ3v) is 7.42. The molecule has 5 aromatic rings. The summed E-state index contributed by atoms with van der Waals surface area (Å²) in [6.45, 7) is 11.5. The van der Waals surface area contributed by atoms with Crippen molar-refractivity contribution in [3.8, 4) is 28.2 Å². The Balaban J connectivity index is 1.54. The van der Waals surface area contributed by atoms with Gasteiger partial charge in [0, 0.05) is 29.8 Å². The Morgan fingerprint density at radius 3 is 2.45 bits per heavy atom. The molecule has 8 nitrogen and oxygen atoms in total. The number of rotatable bonds is 9. The lowest BCUT2D eigenvalue weighted by atomic mass is 9.84. The Morgan fingerprint density at radius 2 is 1.77 bits per heavy atom. The molecule has 0 atom stereocenters. The molecule has 0 saturated heterocycles. The predicted molar refractivity (Wildman–Crippen MR) is 159 cm³/mol. The molecule has 0 aliphatic carbocycles. The van der Waals surface area contributed by atoms with Crippen LogP contribution in [0.1, 0.15) is 69.8 Å². The molecule has 2 aromatic carbocycles. The topological polar surface area (TPSA) is 94.3 Å². The molecule has 8 heteroatoms. The number of nitrogens with one attached hydrogen (secondary N) is 1. The number of hydrogen-bond acceptors (Lipinski definition) is 5. The summed E-state index contributed by atoms with van der Waals surface area (Å²) in [6, 6.07) is 16.7. The Labute approximate surface area is 235 Å². The Bertz CT molecular complexity index is 1640. The number of para-hydroxylation sites is 1. The SMILES string of the molecule is CCCCc1cn(-c2c(CC)cccc2C(C)(C)C)c(=O)n1Cc1ccc(-c2ccncc2-c2nnn[nH]2)cc1. The van der Waals surface area contributed by atoms with Gasteiger partial charge in [0.2, 0.25) is 0 Å². The summed E-state index contributed by atoms with van der Waals surface area (Å²) < 4.78 is 3.84. The van der Waals surface area contributed by atoms with E-state index < -0.39 is 0 Å². The van der Waals surface area contributed by atoms with Crippen LogP contribution in [0.3, 0.4) is 0 Å². The first-order chi connectivity index (χ1) is 19.3. The second-order valence-electron chi connectivity index (χ2n) is 11.2. The highest BCUT2D eigenvalue weighted by molar-refractivity contribution is 5.79. The van der Waals surface area contributed by atoms with Crippen molar-refractivity contribution in [3.63, 3.8) is 0 Å². The van der Waals surface area contributed by atoms with Crippen LogP contribution in [0.2, 0.25) is 0 Å². The fourth-order valence-corrected chi connectivity index (χ4v) is 5.26. The summed E-state index contributed by atoms with van der Waals surface area (Å²) in [6.07, 6.45) is 9.43. The van der Waals surface area contributed by atoms with Gasteiger partial charge in [-0.1, -0.05) is 83.5 Å². The van der Waals surface area contributed by atoms with E-state index in [4.69, 9.17) is 0 Å². The van der Waals surface area contributed by atoms with Gasteiger partial charge in [0.25, 0.3) is 0 Å². The molecule has 0 fully saturated rings. The fraction of sp³-hybridized carbons (Fsp3) is 0.344. The van der Waals surface area contributed by atoms with Gasteiger partial charge in [-0.25, -0.2) is 9.89 Å². The number of pyridine rings is 1. The summed E-state index contributed by atoms with van der Waals surface area (Å²) in [5.74, 6) is 0.572. The highest BCUT2D eigenvalue weighted by Gasteiger charge is 2.24. The molecular weight excluding hydrogens is 498 g/mol. The van der Waals surface area contributed by atoms with E-state index >= 15 is 0 Å². The first-order valence-electron chi connectivity index (χ1n) is 14.0. The quantitative estimate of drug-likeness (QED) is 0.245. The highest BCUT2D eigenvalue weighted by Crippen LogP contribution is 2.32. The number of tetrazole rings is 1. The van der Waals surface area contributed by atoms with Crippen LogP contribution < -0.4 is 5.69 Å². The summed E-state index contributed by atoms with van der Waals surface area (Å²) in [4.78, 5) is 18.3. The molecule has 0 unspecified atom stereocenters. The first kappa shape index (κ1) is 27.2. The number of H-pyrrole nitrogens is 1. The van der Waals surface area contributed by atoms with Crippen LogP contribution in [-0.2, 0) is 24.8 Å². The van der Waals surface area contributed by atoms with Crippen molar-refractivity contribution in [2.45, 2.75) is 72.3 Å². The molecule has 206 valence electrons. The van der Waals surface area contributed by atoms with E-state index in [9.17, 15) is 4.79 Å². The van der Waals surface area contributed by atoms with Gasteiger partial charge in [-0.15, -0.1) is 5.10 Å². The second-order valence-corrected chi connectivity index (χ2v) is 11.2.